The van der Waals surface area contributed by atoms with Crippen molar-refractivity contribution in [3.05, 3.63) is 47.5 Å². The van der Waals surface area contributed by atoms with Gasteiger partial charge in [-0.05, 0) is 6.07 Å². The molecular formula is C13H14F3N3. The number of aromatic nitrogens is 2. The first-order valence-corrected chi connectivity index (χ1v) is 5.90. The molecule has 1 heterocycles. The molecule has 0 aliphatic heterocycles. The van der Waals surface area contributed by atoms with E-state index in [0.29, 0.717) is 24.4 Å². The minimum Gasteiger partial charge on any atom is -0.309 e. The molecule has 0 aliphatic rings. The summed E-state index contributed by atoms with van der Waals surface area (Å²) in [6.07, 6.45) is 1.44. The maximum Gasteiger partial charge on any atom is 0.154 e. The molecule has 6 heteroatoms. The second-order valence-corrected chi connectivity index (χ2v) is 4.51. The number of rotatable bonds is 4. The smallest absolute Gasteiger partial charge is 0.154 e. The van der Waals surface area contributed by atoms with Crippen molar-refractivity contribution < 1.29 is 13.2 Å². The van der Waals surface area contributed by atoms with E-state index in [9.17, 15) is 13.2 Å². The van der Waals surface area contributed by atoms with Crippen LogP contribution in [0.5, 0.6) is 0 Å². The normalized spacial score (nSPS) is 11.3. The van der Waals surface area contributed by atoms with Crippen LogP contribution in [-0.4, -0.2) is 15.8 Å². The summed E-state index contributed by atoms with van der Waals surface area (Å²) in [5.41, 5.74) is 0.272. The van der Waals surface area contributed by atoms with Crippen LogP contribution in [0.25, 0.3) is 5.69 Å². The van der Waals surface area contributed by atoms with Crippen molar-refractivity contribution in [1.29, 1.82) is 0 Å². The molecule has 2 aromatic rings. The summed E-state index contributed by atoms with van der Waals surface area (Å²) in [5.74, 6) is -2.92. The molecule has 0 fully saturated rings. The monoisotopic (exact) mass is 269 g/mol. The maximum atomic E-state index is 13.6. The quantitative estimate of drug-likeness (QED) is 0.925. The molecule has 1 aromatic heterocycles. The van der Waals surface area contributed by atoms with Gasteiger partial charge in [-0.3, -0.25) is 0 Å². The van der Waals surface area contributed by atoms with E-state index in [-0.39, 0.29) is 11.7 Å². The summed E-state index contributed by atoms with van der Waals surface area (Å²) >= 11 is 0. The van der Waals surface area contributed by atoms with Crippen molar-refractivity contribution in [2.24, 2.45) is 0 Å². The molecule has 3 nitrogen and oxygen atoms in total. The SMILES string of the molecule is CC(C)NCc1ccn(-c2c(F)cc(F)cc2F)n1. The predicted octanol–water partition coefficient (Wildman–Crippen LogP) is 2.79. The van der Waals surface area contributed by atoms with Gasteiger partial charge in [-0.1, -0.05) is 13.8 Å². The van der Waals surface area contributed by atoms with Crippen LogP contribution in [0.4, 0.5) is 13.2 Å². The van der Waals surface area contributed by atoms with Gasteiger partial charge in [0.2, 0.25) is 0 Å². The number of nitrogens with zero attached hydrogens (tertiary/aromatic N) is 2. The largest absolute Gasteiger partial charge is 0.309 e. The van der Waals surface area contributed by atoms with Crippen LogP contribution in [0.1, 0.15) is 19.5 Å². The van der Waals surface area contributed by atoms with E-state index in [1.165, 1.54) is 6.20 Å². The molecule has 102 valence electrons. The molecule has 1 N–H and O–H groups in total. The molecule has 0 unspecified atom stereocenters. The predicted molar refractivity (Wildman–Crippen MR) is 65.4 cm³/mol. The molecule has 0 aliphatic carbocycles. The van der Waals surface area contributed by atoms with E-state index in [1.807, 2.05) is 13.8 Å². The molecule has 0 amide bonds. The lowest BCUT2D eigenvalue weighted by atomic mass is 10.3. The van der Waals surface area contributed by atoms with Gasteiger partial charge in [0.15, 0.2) is 11.6 Å². The van der Waals surface area contributed by atoms with Gasteiger partial charge in [-0.15, -0.1) is 0 Å². The van der Waals surface area contributed by atoms with Crippen LogP contribution in [-0.2, 0) is 6.54 Å². The standard InChI is InChI=1S/C13H14F3N3/c1-8(2)17-7-10-3-4-19(18-10)13-11(15)5-9(14)6-12(13)16/h3-6,8,17H,7H2,1-2H3. The van der Waals surface area contributed by atoms with Gasteiger partial charge in [0.1, 0.15) is 11.5 Å². The lowest BCUT2D eigenvalue weighted by molar-refractivity contribution is 0.525. The van der Waals surface area contributed by atoms with Crippen LogP contribution in [0.2, 0.25) is 0 Å². The van der Waals surface area contributed by atoms with E-state index in [0.717, 1.165) is 4.68 Å². The van der Waals surface area contributed by atoms with Crippen molar-refractivity contribution in [2.75, 3.05) is 0 Å². The fourth-order valence-corrected chi connectivity index (χ4v) is 1.64. The van der Waals surface area contributed by atoms with Crippen LogP contribution in [0, 0.1) is 17.5 Å². The Balaban J connectivity index is 2.28. The number of nitrogens with one attached hydrogen (secondary N) is 1. The fraction of sp³-hybridized carbons (Fsp3) is 0.308. The van der Waals surface area contributed by atoms with Gasteiger partial charge >= 0.3 is 0 Å². The average Bonchev–Trinajstić information content (AvgIpc) is 2.73. The Labute approximate surface area is 109 Å². The molecular weight excluding hydrogens is 255 g/mol. The van der Waals surface area contributed by atoms with Crippen LogP contribution in [0.3, 0.4) is 0 Å². The van der Waals surface area contributed by atoms with Crippen LogP contribution < -0.4 is 5.32 Å². The second-order valence-electron chi connectivity index (χ2n) is 4.51. The second kappa shape index (κ2) is 5.44. The van der Waals surface area contributed by atoms with E-state index in [2.05, 4.69) is 10.4 Å². The third kappa shape index (κ3) is 3.14. The van der Waals surface area contributed by atoms with E-state index in [4.69, 9.17) is 0 Å². The number of hydrogen-bond donors (Lipinski definition) is 1. The third-order valence-corrected chi connectivity index (χ3v) is 2.55. The molecule has 0 spiro atoms. The molecule has 0 saturated carbocycles. The van der Waals surface area contributed by atoms with Gasteiger partial charge in [-0.2, -0.15) is 5.10 Å². The Hall–Kier alpha value is -1.82. The van der Waals surface area contributed by atoms with Crippen molar-refractivity contribution >= 4 is 0 Å². The highest BCUT2D eigenvalue weighted by molar-refractivity contribution is 5.35. The van der Waals surface area contributed by atoms with E-state index < -0.39 is 17.5 Å². The summed E-state index contributed by atoms with van der Waals surface area (Å²) in [6.45, 7) is 4.46. The zero-order chi connectivity index (χ0) is 14.0. The maximum absolute atomic E-state index is 13.6. The Morgan fingerprint density at radius 1 is 1.21 bits per heavy atom. The number of benzene rings is 1. The summed E-state index contributed by atoms with van der Waals surface area (Å²) in [4.78, 5) is 0. The molecule has 2 rings (SSSR count). The Bertz CT molecular complexity index is 555. The van der Waals surface area contributed by atoms with Crippen molar-refractivity contribution in [3.63, 3.8) is 0 Å². The lowest BCUT2D eigenvalue weighted by Gasteiger charge is -2.06. The fourth-order valence-electron chi connectivity index (χ4n) is 1.64. The first-order valence-electron chi connectivity index (χ1n) is 5.90. The topological polar surface area (TPSA) is 29.9 Å². The molecule has 1 aromatic carbocycles. The minimum absolute atomic E-state index is 0.282. The molecule has 19 heavy (non-hydrogen) atoms. The number of halogens is 3. The highest BCUT2D eigenvalue weighted by atomic mass is 19.1. The first-order chi connectivity index (χ1) is 8.97. The summed E-state index contributed by atoms with van der Waals surface area (Å²) < 4.78 is 41.0. The summed E-state index contributed by atoms with van der Waals surface area (Å²) in [7, 11) is 0. The van der Waals surface area contributed by atoms with Gasteiger partial charge in [0.05, 0.1) is 5.69 Å². The zero-order valence-electron chi connectivity index (χ0n) is 10.6. The summed E-state index contributed by atoms with van der Waals surface area (Å²) in [6, 6.07) is 3.19. The van der Waals surface area contributed by atoms with Gasteiger partial charge in [0, 0.05) is 30.9 Å². The lowest BCUT2D eigenvalue weighted by Crippen LogP contribution is -2.22. The molecule has 0 bridgehead atoms. The van der Waals surface area contributed by atoms with Gasteiger partial charge in [-0.25, -0.2) is 17.9 Å². The van der Waals surface area contributed by atoms with Crippen molar-refractivity contribution in [1.82, 2.24) is 15.1 Å². The Morgan fingerprint density at radius 3 is 2.42 bits per heavy atom. The van der Waals surface area contributed by atoms with E-state index in [1.54, 1.807) is 6.07 Å². The van der Waals surface area contributed by atoms with Crippen LogP contribution >= 0.6 is 0 Å². The highest BCUT2D eigenvalue weighted by Gasteiger charge is 2.14. The van der Waals surface area contributed by atoms with Crippen LogP contribution in [0.15, 0.2) is 24.4 Å². The Kier molecular flexibility index (Phi) is 3.90. The zero-order valence-corrected chi connectivity index (χ0v) is 10.6. The van der Waals surface area contributed by atoms with Crippen molar-refractivity contribution in [3.8, 4) is 5.69 Å². The Morgan fingerprint density at radius 2 is 1.84 bits per heavy atom. The minimum atomic E-state index is -0.982. The third-order valence-electron chi connectivity index (χ3n) is 2.55. The summed E-state index contributed by atoms with van der Waals surface area (Å²) in [5, 5.41) is 7.20. The van der Waals surface area contributed by atoms with Gasteiger partial charge in [0.25, 0.3) is 0 Å². The molecule has 0 radical (unpaired) electrons. The highest BCUT2D eigenvalue weighted by Crippen LogP contribution is 2.18. The van der Waals surface area contributed by atoms with Gasteiger partial charge < -0.3 is 5.32 Å². The molecule has 0 atom stereocenters. The first kappa shape index (κ1) is 13.6. The molecule has 0 saturated heterocycles. The number of hydrogen-bond acceptors (Lipinski definition) is 2. The average molecular weight is 269 g/mol. The van der Waals surface area contributed by atoms with Crippen molar-refractivity contribution in [2.45, 2.75) is 26.4 Å². The van der Waals surface area contributed by atoms with E-state index >= 15 is 0 Å².